The van der Waals surface area contributed by atoms with E-state index >= 15 is 0 Å². The summed E-state index contributed by atoms with van der Waals surface area (Å²) in [6.07, 6.45) is 1.18. The van der Waals surface area contributed by atoms with Gasteiger partial charge in [-0.3, -0.25) is 9.69 Å². The van der Waals surface area contributed by atoms with Crippen molar-refractivity contribution in [2.45, 2.75) is 13.0 Å². The molecule has 7 heteroatoms. The molecule has 1 atom stereocenters. The van der Waals surface area contributed by atoms with Crippen LogP contribution in [0, 0.1) is 0 Å². The van der Waals surface area contributed by atoms with Gasteiger partial charge in [-0.15, -0.1) is 0 Å². The summed E-state index contributed by atoms with van der Waals surface area (Å²) in [7, 11) is -1.32. The van der Waals surface area contributed by atoms with Gasteiger partial charge in [-0.2, -0.15) is 0 Å². The number of nitrogens with two attached hydrogens (primary N) is 1. The fourth-order valence-electron chi connectivity index (χ4n) is 1.57. The maximum absolute atomic E-state index is 12.0. The third-order valence-electron chi connectivity index (χ3n) is 3.01. The van der Waals surface area contributed by atoms with Crippen molar-refractivity contribution in [3.63, 3.8) is 0 Å². The number of hydrogen-bond acceptors (Lipinski definition) is 5. The molecule has 0 radical (unpaired) electrons. The van der Waals surface area contributed by atoms with Gasteiger partial charge in [0.1, 0.15) is 9.84 Å². The van der Waals surface area contributed by atoms with Gasteiger partial charge in [-0.05, 0) is 32.2 Å². The van der Waals surface area contributed by atoms with E-state index in [2.05, 4.69) is 5.32 Å². The van der Waals surface area contributed by atoms with E-state index in [4.69, 9.17) is 5.73 Å². The van der Waals surface area contributed by atoms with E-state index in [1.165, 1.54) is 6.26 Å². The van der Waals surface area contributed by atoms with E-state index in [1.54, 1.807) is 43.1 Å². The molecule has 1 aromatic carbocycles. The van der Waals surface area contributed by atoms with E-state index in [9.17, 15) is 13.2 Å². The second-order valence-electron chi connectivity index (χ2n) is 4.90. The van der Waals surface area contributed by atoms with E-state index in [1.807, 2.05) is 0 Å². The number of hydrogen-bond donors (Lipinski definition) is 2. The predicted octanol–water partition coefficient (Wildman–Crippen LogP) is 0.572. The van der Waals surface area contributed by atoms with Crippen LogP contribution in [0.1, 0.15) is 6.92 Å². The highest BCUT2D eigenvalue weighted by Crippen LogP contribution is 2.12. The molecule has 0 saturated heterocycles. The number of nitrogens with one attached hydrogen (secondary N) is 1. The molecule has 0 fully saturated rings. The summed E-state index contributed by atoms with van der Waals surface area (Å²) in [5, 5.41) is 2.75. The predicted molar refractivity (Wildman–Crippen MR) is 81.3 cm³/mol. The molecule has 1 rings (SSSR count). The number of rotatable bonds is 6. The van der Waals surface area contributed by atoms with Crippen molar-refractivity contribution >= 4 is 27.1 Å². The minimum Gasteiger partial charge on any atom is -0.399 e. The number of nitrogen functional groups attached to an aromatic ring is 1. The van der Waals surface area contributed by atoms with Crippen LogP contribution in [0.25, 0.3) is 0 Å². The molecule has 0 heterocycles. The quantitative estimate of drug-likeness (QED) is 0.749. The summed E-state index contributed by atoms with van der Waals surface area (Å²) in [6.45, 7) is 2.04. The number of anilines is 2. The van der Waals surface area contributed by atoms with Crippen LogP contribution in [-0.4, -0.2) is 50.9 Å². The van der Waals surface area contributed by atoms with Crippen LogP contribution in [0.3, 0.4) is 0 Å². The molecule has 0 bridgehead atoms. The Labute approximate surface area is 119 Å². The number of nitrogens with zero attached hydrogens (tertiary/aromatic N) is 1. The number of amides is 1. The fourth-order valence-corrected chi connectivity index (χ4v) is 2.19. The average Bonchev–Trinajstić information content (AvgIpc) is 2.34. The van der Waals surface area contributed by atoms with Crippen LogP contribution in [-0.2, 0) is 14.6 Å². The summed E-state index contributed by atoms with van der Waals surface area (Å²) in [5.41, 5.74) is 6.83. The molecular weight excluding hydrogens is 278 g/mol. The van der Waals surface area contributed by atoms with Crippen LogP contribution < -0.4 is 11.1 Å². The zero-order valence-electron chi connectivity index (χ0n) is 12.0. The molecule has 1 unspecified atom stereocenters. The van der Waals surface area contributed by atoms with Crippen molar-refractivity contribution in [3.05, 3.63) is 24.3 Å². The first-order chi connectivity index (χ1) is 9.19. The Balaban J connectivity index is 2.58. The van der Waals surface area contributed by atoms with Gasteiger partial charge >= 0.3 is 0 Å². The van der Waals surface area contributed by atoms with Crippen molar-refractivity contribution in [2.24, 2.45) is 0 Å². The standard InChI is InChI=1S/C13H21N3O3S/c1-10(16(2)7-8-20(3,18)19)13(17)15-12-6-4-5-11(14)9-12/h4-6,9-10H,7-8,14H2,1-3H3,(H,15,17). The summed E-state index contributed by atoms with van der Waals surface area (Å²) in [5.74, 6) is -0.175. The Morgan fingerprint density at radius 1 is 1.45 bits per heavy atom. The third-order valence-corrected chi connectivity index (χ3v) is 3.93. The zero-order chi connectivity index (χ0) is 15.3. The van der Waals surface area contributed by atoms with E-state index in [-0.39, 0.29) is 11.7 Å². The molecule has 0 aliphatic rings. The minimum atomic E-state index is -3.03. The highest BCUT2D eigenvalue weighted by atomic mass is 32.2. The molecule has 0 spiro atoms. The van der Waals surface area contributed by atoms with Crippen LogP contribution in [0.2, 0.25) is 0 Å². The van der Waals surface area contributed by atoms with Crippen molar-refractivity contribution in [2.75, 3.05) is 36.7 Å². The molecule has 1 aromatic rings. The third kappa shape index (κ3) is 5.58. The van der Waals surface area contributed by atoms with Crippen LogP contribution in [0.15, 0.2) is 24.3 Å². The lowest BCUT2D eigenvalue weighted by Crippen LogP contribution is -2.41. The lowest BCUT2D eigenvalue weighted by atomic mass is 10.2. The Hall–Kier alpha value is -1.60. The molecule has 0 aromatic heterocycles. The summed E-state index contributed by atoms with van der Waals surface area (Å²) >= 11 is 0. The van der Waals surface area contributed by atoms with E-state index in [0.717, 1.165) is 0 Å². The first-order valence-electron chi connectivity index (χ1n) is 6.23. The number of carbonyl (C=O) groups is 1. The second-order valence-corrected chi connectivity index (χ2v) is 7.16. The van der Waals surface area contributed by atoms with Gasteiger partial charge in [0.2, 0.25) is 5.91 Å². The molecule has 1 amide bonds. The van der Waals surface area contributed by atoms with Gasteiger partial charge in [0.05, 0.1) is 11.8 Å². The van der Waals surface area contributed by atoms with Gasteiger partial charge in [0.25, 0.3) is 0 Å². The number of carbonyl (C=O) groups excluding carboxylic acids is 1. The lowest BCUT2D eigenvalue weighted by Gasteiger charge is -2.23. The maximum atomic E-state index is 12.0. The molecule has 0 aliphatic heterocycles. The first kappa shape index (κ1) is 16.5. The Morgan fingerprint density at radius 2 is 2.10 bits per heavy atom. The molecule has 112 valence electrons. The van der Waals surface area contributed by atoms with E-state index < -0.39 is 15.9 Å². The van der Waals surface area contributed by atoms with E-state index in [0.29, 0.717) is 17.9 Å². The first-order valence-corrected chi connectivity index (χ1v) is 8.29. The highest BCUT2D eigenvalue weighted by molar-refractivity contribution is 7.90. The second kappa shape index (κ2) is 6.71. The van der Waals surface area contributed by atoms with Gasteiger partial charge in [0.15, 0.2) is 0 Å². The molecule has 0 aliphatic carbocycles. The Morgan fingerprint density at radius 3 is 2.65 bits per heavy atom. The fraction of sp³-hybridized carbons (Fsp3) is 0.462. The summed E-state index contributed by atoms with van der Waals surface area (Å²) < 4.78 is 22.2. The summed E-state index contributed by atoms with van der Waals surface area (Å²) in [6, 6.07) is 6.47. The Bertz CT molecular complexity index is 572. The normalized spacial score (nSPS) is 13.2. The molecular formula is C13H21N3O3S. The van der Waals surface area contributed by atoms with Crippen LogP contribution >= 0.6 is 0 Å². The largest absolute Gasteiger partial charge is 0.399 e. The van der Waals surface area contributed by atoms with Gasteiger partial charge in [-0.25, -0.2) is 8.42 Å². The van der Waals surface area contributed by atoms with Crippen molar-refractivity contribution in [3.8, 4) is 0 Å². The van der Waals surface area contributed by atoms with Crippen LogP contribution in [0.4, 0.5) is 11.4 Å². The highest BCUT2D eigenvalue weighted by Gasteiger charge is 2.19. The molecule has 20 heavy (non-hydrogen) atoms. The average molecular weight is 299 g/mol. The maximum Gasteiger partial charge on any atom is 0.241 e. The van der Waals surface area contributed by atoms with Crippen molar-refractivity contribution in [1.29, 1.82) is 0 Å². The van der Waals surface area contributed by atoms with Crippen molar-refractivity contribution < 1.29 is 13.2 Å². The lowest BCUT2D eigenvalue weighted by molar-refractivity contribution is -0.120. The molecule has 6 nitrogen and oxygen atoms in total. The molecule has 0 saturated carbocycles. The van der Waals surface area contributed by atoms with Gasteiger partial charge < -0.3 is 11.1 Å². The summed E-state index contributed by atoms with van der Waals surface area (Å²) in [4.78, 5) is 13.7. The topological polar surface area (TPSA) is 92.5 Å². The van der Waals surface area contributed by atoms with Crippen molar-refractivity contribution in [1.82, 2.24) is 4.90 Å². The number of likely N-dealkylation sites (N-methyl/N-ethyl adjacent to an activating group) is 1. The van der Waals surface area contributed by atoms with Crippen LogP contribution in [0.5, 0.6) is 0 Å². The number of sulfone groups is 1. The Kier molecular flexibility index (Phi) is 5.52. The molecule has 3 N–H and O–H groups in total. The smallest absolute Gasteiger partial charge is 0.241 e. The SMILES string of the molecule is CC(C(=O)Nc1cccc(N)c1)N(C)CCS(C)(=O)=O. The minimum absolute atomic E-state index is 0.0272. The zero-order valence-corrected chi connectivity index (χ0v) is 12.8. The van der Waals surface area contributed by atoms with Gasteiger partial charge in [0, 0.05) is 24.2 Å². The number of benzene rings is 1. The van der Waals surface area contributed by atoms with Gasteiger partial charge in [-0.1, -0.05) is 6.07 Å². The monoisotopic (exact) mass is 299 g/mol.